The van der Waals surface area contributed by atoms with Gasteiger partial charge in [0, 0.05) is 6.61 Å². The molecule has 0 aliphatic carbocycles. The van der Waals surface area contributed by atoms with Crippen molar-refractivity contribution in [2.24, 2.45) is 5.73 Å². The van der Waals surface area contributed by atoms with Crippen molar-refractivity contribution >= 4 is 0 Å². The zero-order valence-electron chi connectivity index (χ0n) is 8.84. The molecular weight excluding hydrogens is 182 g/mol. The Hall–Kier alpha value is -1.01. The van der Waals surface area contributed by atoms with Gasteiger partial charge in [0.25, 0.3) is 0 Å². The summed E-state index contributed by atoms with van der Waals surface area (Å²) in [5.41, 5.74) is 5.72. The molecule has 2 unspecified atom stereocenters. The standard InChI is InChI=1S/C8H17N5O/c1-4-14-5-6(2)13-8(7(3)9)10-11-12-13/h6-7H,4-5,9H2,1-3H3. The summed E-state index contributed by atoms with van der Waals surface area (Å²) in [6.07, 6.45) is 0. The Morgan fingerprint density at radius 2 is 2.21 bits per heavy atom. The molecule has 1 rings (SSSR count). The van der Waals surface area contributed by atoms with Gasteiger partial charge in [-0.1, -0.05) is 0 Å². The van der Waals surface area contributed by atoms with Gasteiger partial charge in [-0.2, -0.15) is 0 Å². The van der Waals surface area contributed by atoms with E-state index in [1.165, 1.54) is 0 Å². The van der Waals surface area contributed by atoms with E-state index in [2.05, 4.69) is 15.5 Å². The number of hydrogen-bond donors (Lipinski definition) is 1. The van der Waals surface area contributed by atoms with Gasteiger partial charge in [-0.25, -0.2) is 4.68 Å². The minimum atomic E-state index is -0.158. The number of nitrogens with two attached hydrogens (primary N) is 1. The molecule has 0 aliphatic heterocycles. The average molecular weight is 199 g/mol. The van der Waals surface area contributed by atoms with E-state index >= 15 is 0 Å². The number of tetrazole rings is 1. The van der Waals surface area contributed by atoms with E-state index in [0.29, 0.717) is 19.0 Å². The summed E-state index contributed by atoms with van der Waals surface area (Å²) in [5, 5.41) is 11.4. The smallest absolute Gasteiger partial charge is 0.168 e. The molecule has 14 heavy (non-hydrogen) atoms. The fourth-order valence-corrected chi connectivity index (χ4v) is 1.17. The summed E-state index contributed by atoms with van der Waals surface area (Å²) >= 11 is 0. The summed E-state index contributed by atoms with van der Waals surface area (Å²) in [4.78, 5) is 0. The van der Waals surface area contributed by atoms with Crippen LogP contribution in [-0.2, 0) is 4.74 Å². The molecule has 2 atom stereocenters. The fraction of sp³-hybridized carbons (Fsp3) is 0.875. The Labute approximate surface area is 83.4 Å². The molecule has 0 aromatic carbocycles. The number of aromatic nitrogens is 4. The second-order valence-electron chi connectivity index (χ2n) is 3.28. The lowest BCUT2D eigenvalue weighted by Gasteiger charge is -2.14. The largest absolute Gasteiger partial charge is 0.380 e. The average Bonchev–Trinajstić information content (AvgIpc) is 2.62. The Morgan fingerprint density at radius 3 is 2.79 bits per heavy atom. The minimum absolute atomic E-state index is 0.117. The van der Waals surface area contributed by atoms with Crippen molar-refractivity contribution in [2.75, 3.05) is 13.2 Å². The van der Waals surface area contributed by atoms with Crippen molar-refractivity contribution in [1.82, 2.24) is 20.2 Å². The van der Waals surface area contributed by atoms with Gasteiger partial charge in [0.05, 0.1) is 18.7 Å². The Bertz CT molecular complexity index is 272. The van der Waals surface area contributed by atoms with Crippen molar-refractivity contribution in [1.29, 1.82) is 0 Å². The second-order valence-corrected chi connectivity index (χ2v) is 3.28. The third-order valence-electron chi connectivity index (χ3n) is 1.91. The summed E-state index contributed by atoms with van der Waals surface area (Å²) in [5.74, 6) is 0.692. The SMILES string of the molecule is CCOCC(C)n1nnnc1C(C)N. The first-order valence-corrected chi connectivity index (χ1v) is 4.77. The van der Waals surface area contributed by atoms with E-state index in [1.54, 1.807) is 4.68 Å². The van der Waals surface area contributed by atoms with Gasteiger partial charge >= 0.3 is 0 Å². The third-order valence-corrected chi connectivity index (χ3v) is 1.91. The van der Waals surface area contributed by atoms with E-state index in [0.717, 1.165) is 0 Å². The predicted molar refractivity (Wildman–Crippen MR) is 51.6 cm³/mol. The molecule has 1 aromatic rings. The maximum absolute atomic E-state index is 5.72. The third kappa shape index (κ3) is 2.49. The molecule has 0 bridgehead atoms. The highest BCUT2D eigenvalue weighted by Gasteiger charge is 2.15. The summed E-state index contributed by atoms with van der Waals surface area (Å²) in [6.45, 7) is 7.10. The van der Waals surface area contributed by atoms with Crippen LogP contribution >= 0.6 is 0 Å². The van der Waals surface area contributed by atoms with E-state index in [-0.39, 0.29) is 12.1 Å². The van der Waals surface area contributed by atoms with Gasteiger partial charge in [0.1, 0.15) is 0 Å². The van der Waals surface area contributed by atoms with E-state index in [1.807, 2.05) is 20.8 Å². The van der Waals surface area contributed by atoms with Crippen molar-refractivity contribution in [2.45, 2.75) is 32.9 Å². The first kappa shape index (κ1) is 11.1. The molecule has 80 valence electrons. The molecular formula is C8H17N5O. The zero-order chi connectivity index (χ0) is 10.6. The van der Waals surface area contributed by atoms with Crippen molar-refractivity contribution in [3.8, 4) is 0 Å². The number of rotatable bonds is 5. The molecule has 1 aromatic heterocycles. The fourth-order valence-electron chi connectivity index (χ4n) is 1.17. The highest BCUT2D eigenvalue weighted by atomic mass is 16.5. The van der Waals surface area contributed by atoms with E-state index in [4.69, 9.17) is 10.5 Å². The molecule has 0 fully saturated rings. The van der Waals surface area contributed by atoms with Gasteiger partial charge in [-0.05, 0) is 31.2 Å². The first-order chi connectivity index (χ1) is 6.66. The molecule has 0 saturated heterocycles. The number of ether oxygens (including phenoxy) is 1. The normalized spacial score (nSPS) is 15.4. The molecule has 2 N–H and O–H groups in total. The lowest BCUT2D eigenvalue weighted by molar-refractivity contribution is 0.113. The van der Waals surface area contributed by atoms with Crippen LogP contribution in [0, 0.1) is 0 Å². The predicted octanol–water partition coefficient (Wildman–Crippen LogP) is 0.290. The maximum atomic E-state index is 5.72. The van der Waals surface area contributed by atoms with Crippen LogP contribution < -0.4 is 5.73 Å². The molecule has 0 amide bonds. The van der Waals surface area contributed by atoms with Gasteiger partial charge in [0.15, 0.2) is 5.82 Å². The molecule has 1 heterocycles. The molecule has 0 saturated carbocycles. The Morgan fingerprint density at radius 1 is 1.50 bits per heavy atom. The Kier molecular flexibility index (Phi) is 3.97. The topological polar surface area (TPSA) is 78.8 Å². The van der Waals surface area contributed by atoms with Gasteiger partial charge < -0.3 is 10.5 Å². The maximum Gasteiger partial charge on any atom is 0.168 e. The van der Waals surface area contributed by atoms with Crippen LogP contribution in [0.15, 0.2) is 0 Å². The van der Waals surface area contributed by atoms with Crippen LogP contribution in [0.25, 0.3) is 0 Å². The van der Waals surface area contributed by atoms with Crippen molar-refractivity contribution in [3.63, 3.8) is 0 Å². The Balaban J connectivity index is 2.68. The molecule has 0 spiro atoms. The van der Waals surface area contributed by atoms with Crippen LogP contribution in [-0.4, -0.2) is 33.4 Å². The zero-order valence-corrected chi connectivity index (χ0v) is 8.84. The summed E-state index contributed by atoms with van der Waals surface area (Å²) < 4.78 is 7.01. The van der Waals surface area contributed by atoms with Crippen LogP contribution in [0.4, 0.5) is 0 Å². The number of hydrogen-bond acceptors (Lipinski definition) is 5. The lowest BCUT2D eigenvalue weighted by Crippen LogP contribution is -2.20. The van der Waals surface area contributed by atoms with Gasteiger partial charge in [0.2, 0.25) is 0 Å². The molecule has 6 heteroatoms. The highest BCUT2D eigenvalue weighted by molar-refractivity contribution is 4.89. The van der Waals surface area contributed by atoms with Crippen molar-refractivity contribution in [3.05, 3.63) is 5.82 Å². The molecule has 0 aliphatic rings. The lowest BCUT2D eigenvalue weighted by atomic mass is 10.3. The van der Waals surface area contributed by atoms with Crippen LogP contribution in [0.5, 0.6) is 0 Å². The van der Waals surface area contributed by atoms with Crippen LogP contribution in [0.3, 0.4) is 0 Å². The van der Waals surface area contributed by atoms with Crippen LogP contribution in [0.1, 0.15) is 38.7 Å². The summed E-state index contributed by atoms with van der Waals surface area (Å²) in [7, 11) is 0. The quantitative estimate of drug-likeness (QED) is 0.737. The van der Waals surface area contributed by atoms with Gasteiger partial charge in [-0.3, -0.25) is 0 Å². The number of nitrogens with zero attached hydrogens (tertiary/aromatic N) is 4. The first-order valence-electron chi connectivity index (χ1n) is 4.77. The summed E-state index contributed by atoms with van der Waals surface area (Å²) in [6, 6.07) is -0.0416. The second kappa shape index (κ2) is 5.02. The monoisotopic (exact) mass is 199 g/mol. The highest BCUT2D eigenvalue weighted by Crippen LogP contribution is 2.10. The van der Waals surface area contributed by atoms with Gasteiger partial charge in [-0.15, -0.1) is 5.10 Å². The molecule has 6 nitrogen and oxygen atoms in total. The van der Waals surface area contributed by atoms with E-state index < -0.39 is 0 Å². The van der Waals surface area contributed by atoms with Crippen molar-refractivity contribution < 1.29 is 4.74 Å². The van der Waals surface area contributed by atoms with Crippen LogP contribution in [0.2, 0.25) is 0 Å². The van der Waals surface area contributed by atoms with E-state index in [9.17, 15) is 0 Å². The molecule has 0 radical (unpaired) electrons. The minimum Gasteiger partial charge on any atom is -0.380 e.